The molecule has 5 nitrogen and oxygen atoms in total. The summed E-state index contributed by atoms with van der Waals surface area (Å²) in [5, 5.41) is 7.04. The molecule has 0 saturated heterocycles. The molecule has 0 radical (unpaired) electrons. The lowest BCUT2D eigenvalue weighted by atomic mass is 10.0. The van der Waals surface area contributed by atoms with Crippen LogP contribution in [0.4, 0.5) is 4.39 Å². The molecule has 22 heavy (non-hydrogen) atoms. The molecule has 0 fully saturated rings. The molecule has 0 aliphatic carbocycles. The first kappa shape index (κ1) is 12.8. The number of nitrogens with one attached hydrogen (secondary N) is 1. The highest BCUT2D eigenvalue weighted by molar-refractivity contribution is 5.99. The van der Waals surface area contributed by atoms with Gasteiger partial charge in [-0.3, -0.25) is 9.89 Å². The van der Waals surface area contributed by atoms with E-state index in [1.807, 2.05) is 6.07 Å². The molecule has 1 N–H and O–H groups in total. The molecule has 1 atom stereocenters. The molecule has 0 saturated carbocycles. The number of nitrogens with zero attached hydrogens (tertiary/aromatic N) is 2. The molecule has 1 aliphatic rings. The number of hydrogen-bond acceptors (Lipinski definition) is 3. The Morgan fingerprint density at radius 2 is 2.05 bits per heavy atom. The van der Waals surface area contributed by atoms with E-state index in [1.54, 1.807) is 36.4 Å². The molecule has 0 bridgehead atoms. The van der Waals surface area contributed by atoms with Crippen LogP contribution in [-0.2, 0) is 0 Å². The van der Waals surface area contributed by atoms with Gasteiger partial charge in [-0.15, -0.1) is 0 Å². The molecule has 6 heteroatoms. The Balaban J connectivity index is 1.90. The third kappa shape index (κ3) is 1.70. The van der Waals surface area contributed by atoms with E-state index in [0.717, 1.165) is 11.1 Å². The molecule has 0 spiro atoms. The Bertz CT molecular complexity index is 837. The maximum Gasteiger partial charge on any atom is 0.272 e. The molecule has 4 rings (SSSR count). The van der Waals surface area contributed by atoms with E-state index in [9.17, 15) is 9.18 Å². The number of rotatable bonds is 2. The second-order valence-electron chi connectivity index (χ2n) is 5.20. The van der Waals surface area contributed by atoms with Gasteiger partial charge in [0.15, 0.2) is 0 Å². The standard InChI is InChI=1S/C16H12FN3O2/c1-20-15(11-3-2-8-22-11)12-13(18-19-14(12)16(20)21)9-4-6-10(17)7-5-9/h2-8,15H,1H3,(H,18,19)/t15-/m0/s1. The average molecular weight is 297 g/mol. The Kier molecular flexibility index (Phi) is 2.66. The maximum absolute atomic E-state index is 13.1. The van der Waals surface area contributed by atoms with Gasteiger partial charge in [0.05, 0.1) is 12.0 Å². The molecule has 0 unspecified atom stereocenters. The van der Waals surface area contributed by atoms with Crippen molar-refractivity contribution in [1.82, 2.24) is 15.1 Å². The highest BCUT2D eigenvalue weighted by Gasteiger charge is 2.41. The third-order valence-corrected chi connectivity index (χ3v) is 3.93. The monoisotopic (exact) mass is 297 g/mol. The molecule has 1 aromatic carbocycles. The zero-order valence-corrected chi connectivity index (χ0v) is 11.7. The third-order valence-electron chi connectivity index (χ3n) is 3.93. The minimum atomic E-state index is -0.337. The predicted octanol–water partition coefficient (Wildman–Crippen LogP) is 2.98. The van der Waals surface area contributed by atoms with Crippen molar-refractivity contribution in [3.05, 3.63) is 65.5 Å². The van der Waals surface area contributed by atoms with Crippen LogP contribution in [0.25, 0.3) is 11.3 Å². The first-order valence-corrected chi connectivity index (χ1v) is 6.81. The SMILES string of the molecule is CN1C(=O)c2[nH]nc(-c3ccc(F)cc3)c2[C@@H]1c1ccco1. The fraction of sp³-hybridized carbons (Fsp3) is 0.125. The van der Waals surface area contributed by atoms with E-state index < -0.39 is 0 Å². The lowest BCUT2D eigenvalue weighted by Crippen LogP contribution is -2.24. The number of aromatic nitrogens is 2. The summed E-state index contributed by atoms with van der Waals surface area (Å²) >= 11 is 0. The normalized spacial score (nSPS) is 17.1. The average Bonchev–Trinajstić information content (AvgIpc) is 3.21. The van der Waals surface area contributed by atoms with Gasteiger partial charge in [0.1, 0.15) is 23.3 Å². The zero-order valence-electron chi connectivity index (χ0n) is 11.7. The molecular formula is C16H12FN3O2. The maximum atomic E-state index is 13.1. The van der Waals surface area contributed by atoms with Gasteiger partial charge in [0.25, 0.3) is 5.91 Å². The number of aromatic amines is 1. The number of carbonyl (C=O) groups is 1. The van der Waals surface area contributed by atoms with Gasteiger partial charge in [-0.25, -0.2) is 4.39 Å². The van der Waals surface area contributed by atoms with Gasteiger partial charge in [-0.2, -0.15) is 5.10 Å². The topological polar surface area (TPSA) is 62.1 Å². The smallest absolute Gasteiger partial charge is 0.272 e. The number of halogens is 1. The second-order valence-corrected chi connectivity index (χ2v) is 5.20. The van der Waals surface area contributed by atoms with Gasteiger partial charge in [0, 0.05) is 18.2 Å². The number of fused-ring (bicyclic) bond motifs is 1. The number of furan rings is 1. The van der Waals surface area contributed by atoms with E-state index in [-0.39, 0.29) is 17.8 Å². The first-order valence-electron chi connectivity index (χ1n) is 6.81. The Morgan fingerprint density at radius 1 is 1.27 bits per heavy atom. The van der Waals surface area contributed by atoms with Crippen molar-refractivity contribution < 1.29 is 13.6 Å². The minimum absolute atomic E-state index is 0.141. The Morgan fingerprint density at radius 3 is 2.73 bits per heavy atom. The summed E-state index contributed by atoms with van der Waals surface area (Å²) in [4.78, 5) is 14.0. The van der Waals surface area contributed by atoms with Crippen LogP contribution < -0.4 is 0 Å². The van der Waals surface area contributed by atoms with E-state index in [0.29, 0.717) is 17.1 Å². The van der Waals surface area contributed by atoms with Crippen molar-refractivity contribution in [2.24, 2.45) is 0 Å². The largest absolute Gasteiger partial charge is 0.467 e. The predicted molar refractivity (Wildman–Crippen MR) is 76.6 cm³/mol. The summed E-state index contributed by atoms with van der Waals surface area (Å²) in [6.07, 6.45) is 1.57. The van der Waals surface area contributed by atoms with Gasteiger partial charge in [-0.1, -0.05) is 0 Å². The van der Waals surface area contributed by atoms with Crippen molar-refractivity contribution in [3.63, 3.8) is 0 Å². The van der Waals surface area contributed by atoms with Crippen LogP contribution in [0, 0.1) is 5.82 Å². The lowest BCUT2D eigenvalue weighted by molar-refractivity contribution is 0.0777. The summed E-state index contributed by atoms with van der Waals surface area (Å²) in [6.45, 7) is 0. The number of hydrogen-bond donors (Lipinski definition) is 1. The first-order chi connectivity index (χ1) is 10.7. The van der Waals surface area contributed by atoms with E-state index in [4.69, 9.17) is 4.42 Å². The highest BCUT2D eigenvalue weighted by atomic mass is 19.1. The summed E-state index contributed by atoms with van der Waals surface area (Å²) in [5.41, 5.74) is 2.59. The Hall–Kier alpha value is -2.89. The Labute approximate surface area is 125 Å². The summed E-state index contributed by atoms with van der Waals surface area (Å²) < 4.78 is 18.6. The van der Waals surface area contributed by atoms with Gasteiger partial charge >= 0.3 is 0 Å². The van der Waals surface area contributed by atoms with E-state index >= 15 is 0 Å². The van der Waals surface area contributed by atoms with Crippen LogP contribution in [0.2, 0.25) is 0 Å². The van der Waals surface area contributed by atoms with Crippen LogP contribution in [0.1, 0.15) is 27.9 Å². The zero-order chi connectivity index (χ0) is 15.3. The quantitative estimate of drug-likeness (QED) is 0.791. The molecule has 110 valence electrons. The summed E-state index contributed by atoms with van der Waals surface area (Å²) in [5.74, 6) is 0.211. The van der Waals surface area contributed by atoms with Crippen LogP contribution in [0.15, 0.2) is 47.1 Å². The van der Waals surface area contributed by atoms with Crippen molar-refractivity contribution in [2.45, 2.75) is 6.04 Å². The molecule has 3 aromatic rings. The van der Waals surface area contributed by atoms with Crippen molar-refractivity contribution in [1.29, 1.82) is 0 Å². The lowest BCUT2D eigenvalue weighted by Gasteiger charge is -2.19. The fourth-order valence-electron chi connectivity index (χ4n) is 2.87. The summed E-state index contributed by atoms with van der Waals surface area (Å²) in [7, 11) is 1.72. The minimum Gasteiger partial charge on any atom is -0.467 e. The van der Waals surface area contributed by atoms with Crippen LogP contribution in [0.5, 0.6) is 0 Å². The van der Waals surface area contributed by atoms with E-state index in [2.05, 4.69) is 10.2 Å². The summed E-state index contributed by atoms with van der Waals surface area (Å²) in [6, 6.07) is 9.31. The van der Waals surface area contributed by atoms with Crippen molar-refractivity contribution in [2.75, 3.05) is 7.05 Å². The highest BCUT2D eigenvalue weighted by Crippen LogP contribution is 2.41. The van der Waals surface area contributed by atoms with Gasteiger partial charge in [0.2, 0.25) is 0 Å². The second kappa shape index (κ2) is 4.56. The number of carbonyl (C=O) groups excluding carboxylic acids is 1. The van der Waals surface area contributed by atoms with Crippen LogP contribution in [-0.4, -0.2) is 28.1 Å². The van der Waals surface area contributed by atoms with Crippen molar-refractivity contribution >= 4 is 5.91 Å². The molecule has 3 heterocycles. The molecule has 1 aliphatic heterocycles. The van der Waals surface area contributed by atoms with Crippen LogP contribution >= 0.6 is 0 Å². The van der Waals surface area contributed by atoms with Crippen LogP contribution in [0.3, 0.4) is 0 Å². The molecular weight excluding hydrogens is 285 g/mol. The number of H-pyrrole nitrogens is 1. The van der Waals surface area contributed by atoms with Gasteiger partial charge in [-0.05, 0) is 36.4 Å². The molecule has 2 aromatic heterocycles. The van der Waals surface area contributed by atoms with E-state index in [1.165, 1.54) is 12.1 Å². The number of amides is 1. The number of benzene rings is 1. The van der Waals surface area contributed by atoms with Crippen molar-refractivity contribution in [3.8, 4) is 11.3 Å². The molecule has 1 amide bonds. The van der Waals surface area contributed by atoms with Gasteiger partial charge < -0.3 is 9.32 Å². The fourth-order valence-corrected chi connectivity index (χ4v) is 2.87.